The quantitative estimate of drug-likeness (QED) is 0.216. The molecule has 0 radical (unpaired) electrons. The van der Waals surface area contributed by atoms with E-state index in [9.17, 15) is 14.4 Å². The largest absolute Gasteiger partial charge is 0.493 e. The molecule has 1 aliphatic heterocycles. The fourth-order valence-electron chi connectivity index (χ4n) is 4.58. The number of Topliss-reactive ketones (excluding diaryl/α,β-unsaturated/α-hetero) is 2. The summed E-state index contributed by atoms with van der Waals surface area (Å²) < 4.78 is 27.3. The molecule has 0 saturated carbocycles. The van der Waals surface area contributed by atoms with Crippen molar-refractivity contribution < 1.29 is 37.5 Å². The first kappa shape index (κ1) is 23.2. The average molecular weight is 490 g/mol. The molecule has 1 aliphatic rings. The smallest absolute Gasteiger partial charge is 0.297 e. The van der Waals surface area contributed by atoms with Crippen LogP contribution < -0.4 is 19.1 Å². The van der Waals surface area contributed by atoms with E-state index in [1.165, 1.54) is 33.5 Å². The number of ketones is 2. The lowest BCUT2D eigenvalue weighted by Crippen LogP contribution is -2.31. The normalized spacial score (nSPS) is 17.6. The number of benzene rings is 2. The van der Waals surface area contributed by atoms with Crippen LogP contribution in [0.1, 0.15) is 27.9 Å². The van der Waals surface area contributed by atoms with Crippen molar-refractivity contribution in [1.29, 1.82) is 0 Å². The van der Waals surface area contributed by atoms with Gasteiger partial charge in [0.15, 0.2) is 34.4 Å². The summed E-state index contributed by atoms with van der Waals surface area (Å²) in [5.41, 5.74) is 0.753. The summed E-state index contributed by atoms with van der Waals surface area (Å²) in [6, 6.07) is 12.2. The van der Waals surface area contributed by atoms with Gasteiger partial charge in [0.2, 0.25) is 11.6 Å². The van der Waals surface area contributed by atoms with Crippen molar-refractivity contribution in [3.05, 3.63) is 65.6 Å². The zero-order chi connectivity index (χ0) is 25.6. The van der Waals surface area contributed by atoms with Crippen molar-refractivity contribution in [2.45, 2.75) is 13.0 Å². The van der Waals surface area contributed by atoms with Crippen molar-refractivity contribution >= 4 is 34.3 Å². The molecule has 3 heterocycles. The van der Waals surface area contributed by atoms with Gasteiger partial charge in [-0.05, 0) is 25.1 Å². The number of fused-ring (bicyclic) bond motifs is 1. The number of anilines is 1. The van der Waals surface area contributed by atoms with Crippen LogP contribution in [0.2, 0.25) is 0 Å². The number of methoxy groups -OCH3 is 3. The Hall–Kier alpha value is -4.60. The second-order valence-corrected chi connectivity index (χ2v) is 8.19. The minimum absolute atomic E-state index is 0.0781. The molecule has 1 amide bonds. The first-order valence-corrected chi connectivity index (χ1v) is 11.0. The van der Waals surface area contributed by atoms with Crippen LogP contribution in [-0.4, -0.2) is 44.0 Å². The van der Waals surface area contributed by atoms with E-state index in [1.54, 1.807) is 43.3 Å². The van der Waals surface area contributed by atoms with Crippen molar-refractivity contribution in [1.82, 2.24) is 5.16 Å². The Labute approximate surface area is 205 Å². The molecule has 2 atom stereocenters. The molecule has 0 bridgehead atoms. The van der Waals surface area contributed by atoms with Gasteiger partial charge in [-0.2, -0.15) is 0 Å². The number of hydrogen-bond donors (Lipinski definition) is 0. The first-order chi connectivity index (χ1) is 17.4. The molecule has 0 spiro atoms. The SMILES string of the molecule is COc1cccc(C2C(C(=O)c3cc4cccc(OC)c4o3)C(=O)C(=O)N2c2cc(C)on2)c1OC. The Kier molecular flexibility index (Phi) is 5.71. The fourth-order valence-corrected chi connectivity index (χ4v) is 4.58. The fraction of sp³-hybridized carbons (Fsp3) is 0.231. The molecule has 184 valence electrons. The van der Waals surface area contributed by atoms with Crippen LogP contribution in [0.25, 0.3) is 11.0 Å². The van der Waals surface area contributed by atoms with Gasteiger partial charge in [-0.15, -0.1) is 0 Å². The lowest BCUT2D eigenvalue weighted by Gasteiger charge is -2.26. The van der Waals surface area contributed by atoms with Gasteiger partial charge in [-0.25, -0.2) is 0 Å². The van der Waals surface area contributed by atoms with Crippen molar-refractivity contribution in [2.24, 2.45) is 5.92 Å². The monoisotopic (exact) mass is 490 g/mol. The standard InChI is InChI=1S/C26H22N2O8/c1-13-11-19(27-36-13)28-21(15-8-6-10-17(33-3)25(15)34-4)20(23(30)26(28)31)22(29)18-12-14-7-5-9-16(32-2)24(14)35-18/h5-12,20-21H,1-4H3. The van der Waals surface area contributed by atoms with E-state index in [-0.39, 0.29) is 17.3 Å². The van der Waals surface area contributed by atoms with Gasteiger partial charge in [-0.1, -0.05) is 29.4 Å². The number of ether oxygens (including phenoxy) is 3. The molecule has 10 heteroatoms. The highest BCUT2D eigenvalue weighted by molar-refractivity contribution is 6.48. The molecule has 2 aromatic heterocycles. The van der Waals surface area contributed by atoms with E-state index in [0.717, 1.165) is 4.90 Å². The second-order valence-electron chi connectivity index (χ2n) is 8.19. The van der Waals surface area contributed by atoms with Gasteiger partial charge in [0, 0.05) is 17.0 Å². The Balaban J connectivity index is 1.69. The summed E-state index contributed by atoms with van der Waals surface area (Å²) in [7, 11) is 4.39. The number of carbonyl (C=O) groups excluding carboxylic acids is 3. The summed E-state index contributed by atoms with van der Waals surface area (Å²) in [6.07, 6.45) is 0. The average Bonchev–Trinajstić information content (AvgIpc) is 3.59. The molecule has 1 saturated heterocycles. The maximum atomic E-state index is 13.8. The maximum absolute atomic E-state index is 13.8. The van der Waals surface area contributed by atoms with E-state index in [1.807, 2.05) is 0 Å². The van der Waals surface area contributed by atoms with Gasteiger partial charge in [-0.3, -0.25) is 19.3 Å². The van der Waals surface area contributed by atoms with Gasteiger partial charge in [0.1, 0.15) is 11.7 Å². The summed E-state index contributed by atoms with van der Waals surface area (Å²) in [6.45, 7) is 1.66. The van der Waals surface area contributed by atoms with Gasteiger partial charge in [0.25, 0.3) is 5.91 Å². The lowest BCUT2D eigenvalue weighted by atomic mass is 9.87. The van der Waals surface area contributed by atoms with E-state index < -0.39 is 29.4 Å². The van der Waals surface area contributed by atoms with E-state index in [0.29, 0.717) is 33.8 Å². The van der Waals surface area contributed by atoms with Crippen LogP contribution in [-0.2, 0) is 9.59 Å². The third kappa shape index (κ3) is 3.49. The molecule has 4 aromatic rings. The predicted molar refractivity (Wildman–Crippen MR) is 127 cm³/mol. The molecule has 2 aromatic carbocycles. The second kappa shape index (κ2) is 8.88. The van der Waals surface area contributed by atoms with Crippen LogP contribution in [0.15, 0.2) is 57.5 Å². The number of carbonyl (C=O) groups is 3. The van der Waals surface area contributed by atoms with Gasteiger partial charge < -0.3 is 23.2 Å². The van der Waals surface area contributed by atoms with Crippen molar-refractivity contribution in [3.63, 3.8) is 0 Å². The van der Waals surface area contributed by atoms with Crippen LogP contribution in [0.5, 0.6) is 17.2 Å². The number of nitrogens with zero attached hydrogens (tertiary/aromatic N) is 2. The molecule has 5 rings (SSSR count). The zero-order valence-corrected chi connectivity index (χ0v) is 19.9. The Morgan fingerprint density at radius 1 is 0.972 bits per heavy atom. The molecule has 0 N–H and O–H groups in total. The predicted octanol–water partition coefficient (Wildman–Crippen LogP) is 3.91. The van der Waals surface area contributed by atoms with Gasteiger partial charge >= 0.3 is 0 Å². The maximum Gasteiger partial charge on any atom is 0.297 e. The van der Waals surface area contributed by atoms with Crippen LogP contribution >= 0.6 is 0 Å². The third-order valence-electron chi connectivity index (χ3n) is 6.17. The summed E-state index contributed by atoms with van der Waals surface area (Å²) in [4.78, 5) is 41.7. The number of hydrogen-bond acceptors (Lipinski definition) is 9. The van der Waals surface area contributed by atoms with Crippen LogP contribution in [0.3, 0.4) is 0 Å². The summed E-state index contributed by atoms with van der Waals surface area (Å²) in [5.74, 6) is -2.36. The van der Waals surface area contributed by atoms with Crippen LogP contribution in [0, 0.1) is 12.8 Å². The Morgan fingerprint density at radius 2 is 1.69 bits per heavy atom. The van der Waals surface area contributed by atoms with Crippen molar-refractivity contribution in [3.8, 4) is 17.2 Å². The highest BCUT2D eigenvalue weighted by Crippen LogP contribution is 2.46. The number of para-hydroxylation sites is 2. The summed E-state index contributed by atoms with van der Waals surface area (Å²) in [5, 5.41) is 4.55. The highest BCUT2D eigenvalue weighted by atomic mass is 16.5. The Bertz CT molecular complexity index is 1500. The zero-order valence-electron chi connectivity index (χ0n) is 19.9. The molecule has 1 fully saturated rings. The van der Waals surface area contributed by atoms with Gasteiger partial charge in [0.05, 0.1) is 27.4 Å². The number of amides is 1. The van der Waals surface area contributed by atoms with Crippen molar-refractivity contribution in [2.75, 3.05) is 26.2 Å². The lowest BCUT2D eigenvalue weighted by molar-refractivity contribution is -0.135. The number of aryl methyl sites for hydroxylation is 1. The number of rotatable bonds is 7. The number of aromatic nitrogens is 1. The molecule has 10 nitrogen and oxygen atoms in total. The van der Waals surface area contributed by atoms with E-state index in [4.69, 9.17) is 23.2 Å². The highest BCUT2D eigenvalue weighted by Gasteiger charge is 2.55. The first-order valence-electron chi connectivity index (χ1n) is 11.0. The topological polar surface area (TPSA) is 121 Å². The minimum atomic E-state index is -1.44. The molecule has 2 unspecified atom stereocenters. The van der Waals surface area contributed by atoms with Crippen LogP contribution in [0.4, 0.5) is 5.82 Å². The number of furan rings is 1. The molecular weight excluding hydrogens is 468 g/mol. The molecular formula is C26H22N2O8. The van der Waals surface area contributed by atoms with E-state index >= 15 is 0 Å². The third-order valence-corrected chi connectivity index (χ3v) is 6.17. The molecule has 36 heavy (non-hydrogen) atoms. The minimum Gasteiger partial charge on any atom is -0.493 e. The van der Waals surface area contributed by atoms with E-state index in [2.05, 4.69) is 5.16 Å². The summed E-state index contributed by atoms with van der Waals surface area (Å²) >= 11 is 0. The molecule has 0 aliphatic carbocycles. The Morgan fingerprint density at radius 3 is 2.36 bits per heavy atom.